The highest BCUT2D eigenvalue weighted by Crippen LogP contribution is 2.16. The van der Waals surface area contributed by atoms with Crippen LogP contribution < -0.4 is 5.32 Å². The van der Waals surface area contributed by atoms with Crippen LogP contribution in [0.1, 0.15) is 37.7 Å². The number of carbonyl (C=O) groups is 2. The third-order valence-electron chi connectivity index (χ3n) is 4.27. The second kappa shape index (κ2) is 6.73. The number of rotatable bonds is 3. The summed E-state index contributed by atoms with van der Waals surface area (Å²) in [5.41, 5.74) is 4.43. The van der Waals surface area contributed by atoms with E-state index in [-0.39, 0.29) is 11.8 Å². The molecule has 0 saturated carbocycles. The molecule has 3 aromatic rings. The van der Waals surface area contributed by atoms with Crippen molar-refractivity contribution in [2.75, 3.05) is 5.32 Å². The van der Waals surface area contributed by atoms with Gasteiger partial charge in [0, 0.05) is 22.5 Å². The zero-order chi connectivity index (χ0) is 18.0. The Bertz CT molecular complexity index is 926. The fourth-order valence-electron chi connectivity index (χ4n) is 2.53. The highest BCUT2D eigenvalue weighted by molar-refractivity contribution is 6.04. The van der Waals surface area contributed by atoms with E-state index in [1.54, 1.807) is 36.4 Å². The zero-order valence-electron chi connectivity index (χ0n) is 14.4. The first-order valence-electron chi connectivity index (χ1n) is 8.01. The molecule has 0 spiro atoms. The van der Waals surface area contributed by atoms with Crippen molar-refractivity contribution >= 4 is 17.5 Å². The van der Waals surface area contributed by atoms with Gasteiger partial charge in [0.05, 0.1) is 5.69 Å². The lowest BCUT2D eigenvalue weighted by molar-refractivity contribution is 0.0941. The van der Waals surface area contributed by atoms with Gasteiger partial charge in [-0.3, -0.25) is 9.59 Å². The molecule has 0 unspecified atom stereocenters. The molecular weight excluding hydrogens is 314 g/mol. The summed E-state index contributed by atoms with van der Waals surface area (Å²) in [6, 6.07) is 15.8. The van der Waals surface area contributed by atoms with Crippen molar-refractivity contribution in [3.8, 4) is 0 Å². The van der Waals surface area contributed by atoms with Crippen LogP contribution in [0.4, 0.5) is 5.69 Å². The zero-order valence-corrected chi connectivity index (χ0v) is 14.4. The van der Waals surface area contributed by atoms with Crippen LogP contribution >= 0.6 is 0 Å². The predicted octanol–water partition coefficient (Wildman–Crippen LogP) is 3.75. The Hall–Kier alpha value is -3.21. The smallest absolute Gasteiger partial charge is 0.278 e. The molecule has 1 heterocycles. The maximum Gasteiger partial charge on any atom is 0.278 e. The first-order valence-corrected chi connectivity index (χ1v) is 8.01. The minimum atomic E-state index is -0.186. The van der Waals surface area contributed by atoms with E-state index in [9.17, 15) is 9.59 Å². The molecule has 0 fully saturated rings. The third-order valence-corrected chi connectivity index (χ3v) is 4.27. The first kappa shape index (κ1) is 16.6. The maximum absolute atomic E-state index is 12.6. The summed E-state index contributed by atoms with van der Waals surface area (Å²) in [6.07, 6.45) is 0. The normalized spacial score (nSPS) is 10.5. The molecule has 0 saturated heterocycles. The Morgan fingerprint density at radius 1 is 0.880 bits per heavy atom. The number of aromatic nitrogens is 2. The second-order valence-electron chi connectivity index (χ2n) is 5.91. The molecule has 1 amide bonds. The van der Waals surface area contributed by atoms with Crippen molar-refractivity contribution < 1.29 is 9.59 Å². The van der Waals surface area contributed by atoms with E-state index in [1.807, 2.05) is 39.0 Å². The van der Waals surface area contributed by atoms with Crippen LogP contribution in [0, 0.1) is 20.8 Å². The summed E-state index contributed by atoms with van der Waals surface area (Å²) < 4.78 is 1.42. The summed E-state index contributed by atoms with van der Waals surface area (Å²) in [4.78, 5) is 24.7. The highest BCUT2D eigenvalue weighted by atomic mass is 16.2. The molecule has 1 N–H and O–H groups in total. The fourth-order valence-corrected chi connectivity index (χ4v) is 2.53. The van der Waals surface area contributed by atoms with Crippen molar-refractivity contribution in [2.45, 2.75) is 20.8 Å². The molecular formula is C20H19N3O2. The van der Waals surface area contributed by atoms with Gasteiger partial charge < -0.3 is 5.32 Å². The van der Waals surface area contributed by atoms with E-state index in [0.717, 1.165) is 17.0 Å². The maximum atomic E-state index is 12.6. The molecule has 0 aliphatic rings. The highest BCUT2D eigenvalue weighted by Gasteiger charge is 2.15. The number of hydrogen-bond acceptors (Lipinski definition) is 3. The van der Waals surface area contributed by atoms with Crippen LogP contribution in [0.3, 0.4) is 0 Å². The molecule has 126 valence electrons. The van der Waals surface area contributed by atoms with E-state index in [1.165, 1.54) is 4.68 Å². The number of anilines is 1. The number of carbonyl (C=O) groups excluding carboxylic acids is 2. The van der Waals surface area contributed by atoms with E-state index in [4.69, 9.17) is 0 Å². The molecule has 5 heteroatoms. The van der Waals surface area contributed by atoms with Gasteiger partial charge in [-0.2, -0.15) is 5.10 Å². The standard InChI is InChI=1S/C20H19N3O2/c1-13-14(2)22-23(15(13)3)20(25)17-9-11-18(12-10-17)21-19(24)16-7-5-4-6-8-16/h4-12H,1-3H3,(H,21,24). The summed E-state index contributed by atoms with van der Waals surface area (Å²) in [7, 11) is 0. The molecule has 1 aromatic heterocycles. The van der Waals surface area contributed by atoms with Crippen molar-refractivity contribution in [1.82, 2.24) is 9.78 Å². The Labute approximate surface area is 146 Å². The number of benzene rings is 2. The molecule has 0 radical (unpaired) electrons. The summed E-state index contributed by atoms with van der Waals surface area (Å²) in [5.74, 6) is -0.372. The van der Waals surface area contributed by atoms with E-state index in [0.29, 0.717) is 16.8 Å². The van der Waals surface area contributed by atoms with Crippen LogP contribution in [0.5, 0.6) is 0 Å². The quantitative estimate of drug-likeness (QED) is 0.794. The lowest BCUT2D eigenvalue weighted by Gasteiger charge is -2.07. The van der Waals surface area contributed by atoms with Crippen LogP contribution in [0.25, 0.3) is 0 Å². The monoisotopic (exact) mass is 333 g/mol. The largest absolute Gasteiger partial charge is 0.322 e. The number of aryl methyl sites for hydroxylation is 1. The van der Waals surface area contributed by atoms with Gasteiger partial charge in [0.25, 0.3) is 11.8 Å². The van der Waals surface area contributed by atoms with Gasteiger partial charge in [0.2, 0.25) is 0 Å². The molecule has 5 nitrogen and oxygen atoms in total. The van der Waals surface area contributed by atoms with Gasteiger partial charge >= 0.3 is 0 Å². The minimum Gasteiger partial charge on any atom is -0.322 e. The van der Waals surface area contributed by atoms with E-state index < -0.39 is 0 Å². The van der Waals surface area contributed by atoms with E-state index >= 15 is 0 Å². The Balaban J connectivity index is 1.77. The average Bonchev–Trinajstić information content (AvgIpc) is 2.90. The van der Waals surface area contributed by atoms with Gasteiger partial charge in [-0.05, 0) is 62.7 Å². The van der Waals surface area contributed by atoms with Gasteiger partial charge in [0.1, 0.15) is 0 Å². The lowest BCUT2D eigenvalue weighted by atomic mass is 10.1. The summed E-state index contributed by atoms with van der Waals surface area (Å²) in [5, 5.41) is 7.11. The van der Waals surface area contributed by atoms with Gasteiger partial charge in [-0.15, -0.1) is 0 Å². The van der Waals surface area contributed by atoms with Crippen molar-refractivity contribution in [3.05, 3.63) is 82.7 Å². The number of hydrogen-bond donors (Lipinski definition) is 1. The lowest BCUT2D eigenvalue weighted by Crippen LogP contribution is -2.16. The molecule has 0 atom stereocenters. The van der Waals surface area contributed by atoms with Crippen LogP contribution in [-0.4, -0.2) is 21.6 Å². The van der Waals surface area contributed by atoms with Crippen molar-refractivity contribution in [2.24, 2.45) is 0 Å². The average molecular weight is 333 g/mol. The second-order valence-corrected chi connectivity index (χ2v) is 5.91. The predicted molar refractivity (Wildman–Crippen MR) is 97.0 cm³/mol. The number of amides is 1. The minimum absolute atomic E-state index is 0.186. The SMILES string of the molecule is Cc1nn(C(=O)c2ccc(NC(=O)c3ccccc3)cc2)c(C)c1C. The van der Waals surface area contributed by atoms with Gasteiger partial charge in [-0.25, -0.2) is 4.68 Å². The summed E-state index contributed by atoms with van der Waals surface area (Å²) in [6.45, 7) is 5.71. The van der Waals surface area contributed by atoms with Crippen molar-refractivity contribution in [3.63, 3.8) is 0 Å². The Kier molecular flexibility index (Phi) is 4.48. The molecule has 0 aliphatic carbocycles. The first-order chi connectivity index (χ1) is 12.0. The van der Waals surface area contributed by atoms with Crippen molar-refractivity contribution in [1.29, 1.82) is 0 Å². The molecule has 0 aliphatic heterocycles. The summed E-state index contributed by atoms with van der Waals surface area (Å²) >= 11 is 0. The third kappa shape index (κ3) is 3.35. The number of nitrogens with zero attached hydrogens (tertiary/aromatic N) is 2. The van der Waals surface area contributed by atoms with Gasteiger partial charge in [0.15, 0.2) is 0 Å². The van der Waals surface area contributed by atoms with Crippen LogP contribution in [0.15, 0.2) is 54.6 Å². The molecule has 0 bridgehead atoms. The number of nitrogens with one attached hydrogen (secondary N) is 1. The molecule has 3 rings (SSSR count). The Morgan fingerprint density at radius 3 is 2.08 bits per heavy atom. The Morgan fingerprint density at radius 2 is 1.52 bits per heavy atom. The molecule has 25 heavy (non-hydrogen) atoms. The fraction of sp³-hybridized carbons (Fsp3) is 0.150. The van der Waals surface area contributed by atoms with Crippen LogP contribution in [-0.2, 0) is 0 Å². The molecule has 2 aromatic carbocycles. The topological polar surface area (TPSA) is 64.0 Å². The van der Waals surface area contributed by atoms with Gasteiger partial charge in [-0.1, -0.05) is 18.2 Å². The van der Waals surface area contributed by atoms with Crippen LogP contribution in [0.2, 0.25) is 0 Å². The van der Waals surface area contributed by atoms with E-state index in [2.05, 4.69) is 10.4 Å².